The number of halogens is 2. The Morgan fingerprint density at radius 3 is 2.77 bits per heavy atom. The number of likely N-dealkylation sites (N-methyl/N-ethyl adjacent to an activating group) is 1. The van der Waals surface area contributed by atoms with Gasteiger partial charge in [0.2, 0.25) is 5.91 Å². The van der Waals surface area contributed by atoms with Crippen molar-refractivity contribution >= 4 is 47.5 Å². The van der Waals surface area contributed by atoms with Gasteiger partial charge in [-0.15, -0.1) is 24.8 Å². The summed E-state index contributed by atoms with van der Waals surface area (Å²) < 4.78 is 6.87. The van der Waals surface area contributed by atoms with Gasteiger partial charge in [-0.3, -0.25) is 9.36 Å². The Labute approximate surface area is 164 Å². The lowest BCUT2D eigenvalue weighted by molar-refractivity contribution is -0.118. The van der Waals surface area contributed by atoms with E-state index in [9.17, 15) is 9.59 Å². The molecule has 0 unspecified atom stereocenters. The number of nitrogens with one attached hydrogen (secondary N) is 2. The fourth-order valence-corrected chi connectivity index (χ4v) is 2.96. The van der Waals surface area contributed by atoms with Crippen molar-refractivity contribution < 1.29 is 9.21 Å². The largest absolute Gasteiger partial charge is 0.419 e. The van der Waals surface area contributed by atoms with Crippen molar-refractivity contribution in [2.24, 2.45) is 0 Å². The number of nitrogens with zero attached hydrogens (tertiary/aromatic N) is 2. The molecule has 1 fully saturated rings. The number of piperidine rings is 1. The summed E-state index contributed by atoms with van der Waals surface area (Å²) in [6.07, 6.45) is 3.03. The van der Waals surface area contributed by atoms with E-state index in [-0.39, 0.29) is 42.5 Å². The molecular formula is C17H26Cl2N4O3. The second-order valence-electron chi connectivity index (χ2n) is 6.50. The smallest absolute Gasteiger partial charge is 0.408 e. The molecule has 1 aromatic carbocycles. The van der Waals surface area contributed by atoms with Gasteiger partial charge < -0.3 is 20.0 Å². The van der Waals surface area contributed by atoms with Gasteiger partial charge in [-0.25, -0.2) is 4.79 Å². The zero-order valence-electron chi connectivity index (χ0n) is 15.0. The standard InChI is InChI=1S/C17H24N4O3.2ClH/c1-20(2)9-10-21-14-11-12(6-7-15(14)24-17(21)23)19-16(22)13-5-3-4-8-18-13;;/h6-7,11,13,18H,3-5,8-10H2,1-2H3,(H,19,22);2*1H/t13-;;/m1../s1. The predicted octanol–water partition coefficient (Wildman–Crippen LogP) is 2.08. The molecule has 9 heteroatoms. The van der Waals surface area contributed by atoms with Crippen LogP contribution in [-0.4, -0.2) is 48.6 Å². The first-order valence-electron chi connectivity index (χ1n) is 8.37. The van der Waals surface area contributed by atoms with Gasteiger partial charge in [0.15, 0.2) is 5.58 Å². The SMILES string of the molecule is CN(C)CCn1c(=O)oc2ccc(NC(=O)[C@H]3CCCCN3)cc21.Cl.Cl. The Morgan fingerprint density at radius 1 is 1.35 bits per heavy atom. The summed E-state index contributed by atoms with van der Waals surface area (Å²) in [5.74, 6) is -0.399. The van der Waals surface area contributed by atoms with Gasteiger partial charge in [0.05, 0.1) is 11.6 Å². The van der Waals surface area contributed by atoms with E-state index in [1.807, 2.05) is 19.0 Å². The van der Waals surface area contributed by atoms with Gasteiger partial charge in [-0.05, 0) is 51.7 Å². The highest BCUT2D eigenvalue weighted by atomic mass is 35.5. The fourth-order valence-electron chi connectivity index (χ4n) is 2.96. The summed E-state index contributed by atoms with van der Waals surface area (Å²) in [5.41, 5.74) is 1.92. The maximum absolute atomic E-state index is 12.3. The van der Waals surface area contributed by atoms with Crippen molar-refractivity contribution in [1.29, 1.82) is 0 Å². The zero-order valence-corrected chi connectivity index (χ0v) is 16.6. The highest BCUT2D eigenvalue weighted by Gasteiger charge is 2.20. The van der Waals surface area contributed by atoms with Crippen LogP contribution in [0.3, 0.4) is 0 Å². The monoisotopic (exact) mass is 404 g/mol. The van der Waals surface area contributed by atoms with Gasteiger partial charge >= 0.3 is 5.76 Å². The quantitative estimate of drug-likeness (QED) is 0.797. The Hall–Kier alpha value is -1.54. The third-order valence-electron chi connectivity index (χ3n) is 4.33. The van der Waals surface area contributed by atoms with Crippen molar-refractivity contribution in [3.8, 4) is 0 Å². The number of rotatable bonds is 5. The molecule has 3 rings (SSSR count). The predicted molar refractivity (Wildman–Crippen MR) is 108 cm³/mol. The summed E-state index contributed by atoms with van der Waals surface area (Å²) in [7, 11) is 3.91. The van der Waals surface area contributed by atoms with Crippen molar-refractivity contribution in [3.63, 3.8) is 0 Å². The number of oxazole rings is 1. The highest BCUT2D eigenvalue weighted by Crippen LogP contribution is 2.19. The number of carbonyl (C=O) groups excluding carboxylic acids is 1. The van der Waals surface area contributed by atoms with Crippen LogP contribution < -0.4 is 16.4 Å². The van der Waals surface area contributed by atoms with Crippen LogP contribution in [0.15, 0.2) is 27.4 Å². The number of fused-ring (bicyclic) bond motifs is 1. The molecule has 0 saturated carbocycles. The van der Waals surface area contributed by atoms with E-state index in [4.69, 9.17) is 4.42 Å². The third-order valence-corrected chi connectivity index (χ3v) is 4.33. The molecule has 1 aliphatic rings. The number of benzene rings is 1. The normalized spacial score (nSPS) is 16.8. The van der Waals surface area contributed by atoms with Gasteiger partial charge in [-0.1, -0.05) is 6.42 Å². The first kappa shape index (κ1) is 22.5. The van der Waals surface area contributed by atoms with Crippen molar-refractivity contribution in [2.75, 3.05) is 32.5 Å². The molecule has 2 N–H and O–H groups in total. The highest BCUT2D eigenvalue weighted by molar-refractivity contribution is 5.96. The lowest BCUT2D eigenvalue weighted by Gasteiger charge is -2.22. The summed E-state index contributed by atoms with van der Waals surface area (Å²) in [5, 5.41) is 6.17. The van der Waals surface area contributed by atoms with Crippen LogP contribution in [0.4, 0.5) is 5.69 Å². The molecule has 2 aromatic rings. The first-order valence-corrected chi connectivity index (χ1v) is 8.37. The molecule has 7 nitrogen and oxygen atoms in total. The average Bonchev–Trinajstić information content (AvgIpc) is 2.88. The van der Waals surface area contributed by atoms with E-state index in [1.165, 1.54) is 0 Å². The van der Waals surface area contributed by atoms with Crippen molar-refractivity contribution in [3.05, 3.63) is 28.7 Å². The molecule has 26 heavy (non-hydrogen) atoms. The van der Waals surface area contributed by atoms with Gasteiger partial charge in [-0.2, -0.15) is 0 Å². The van der Waals surface area contributed by atoms with E-state index in [0.29, 0.717) is 23.3 Å². The molecule has 1 atom stereocenters. The summed E-state index contributed by atoms with van der Waals surface area (Å²) in [6, 6.07) is 5.15. The molecule has 1 saturated heterocycles. The van der Waals surface area contributed by atoms with Crippen LogP contribution >= 0.6 is 24.8 Å². The molecule has 0 aliphatic carbocycles. The van der Waals surface area contributed by atoms with E-state index in [1.54, 1.807) is 22.8 Å². The molecule has 1 aliphatic heterocycles. The fraction of sp³-hybridized carbons (Fsp3) is 0.529. The maximum Gasteiger partial charge on any atom is 0.419 e. The lowest BCUT2D eigenvalue weighted by Crippen LogP contribution is -2.43. The van der Waals surface area contributed by atoms with E-state index in [0.717, 1.165) is 32.4 Å². The van der Waals surface area contributed by atoms with Crippen molar-refractivity contribution in [2.45, 2.75) is 31.8 Å². The van der Waals surface area contributed by atoms with E-state index in [2.05, 4.69) is 10.6 Å². The van der Waals surface area contributed by atoms with Gasteiger partial charge in [0.1, 0.15) is 0 Å². The molecular weight excluding hydrogens is 379 g/mol. The zero-order chi connectivity index (χ0) is 17.1. The number of anilines is 1. The molecule has 1 amide bonds. The molecule has 146 valence electrons. The van der Waals surface area contributed by atoms with Crippen LogP contribution in [0.5, 0.6) is 0 Å². The number of aromatic nitrogens is 1. The first-order chi connectivity index (χ1) is 11.5. The number of hydrogen-bond donors (Lipinski definition) is 2. The van der Waals surface area contributed by atoms with Crippen LogP contribution in [0, 0.1) is 0 Å². The van der Waals surface area contributed by atoms with Crippen molar-refractivity contribution in [1.82, 2.24) is 14.8 Å². The molecule has 0 radical (unpaired) electrons. The molecule has 2 heterocycles. The third kappa shape index (κ3) is 5.23. The maximum atomic E-state index is 12.3. The van der Waals surface area contributed by atoms with Crippen LogP contribution in [0.1, 0.15) is 19.3 Å². The minimum atomic E-state index is -0.371. The number of hydrogen-bond acceptors (Lipinski definition) is 5. The topological polar surface area (TPSA) is 79.5 Å². The van der Waals surface area contributed by atoms with Gasteiger partial charge in [0, 0.05) is 18.8 Å². The van der Waals surface area contributed by atoms with E-state index >= 15 is 0 Å². The summed E-state index contributed by atoms with van der Waals surface area (Å²) in [4.78, 5) is 26.4. The van der Waals surface area contributed by atoms with Crippen LogP contribution in [-0.2, 0) is 11.3 Å². The minimum absolute atomic E-state index is 0. The Balaban J connectivity index is 0.00000169. The molecule has 0 spiro atoms. The Bertz CT molecular complexity index is 782. The number of amides is 1. The Kier molecular flexibility index (Phi) is 8.62. The van der Waals surface area contributed by atoms with E-state index < -0.39 is 0 Å². The summed E-state index contributed by atoms with van der Waals surface area (Å²) in [6.45, 7) is 2.15. The van der Waals surface area contributed by atoms with Gasteiger partial charge in [0.25, 0.3) is 0 Å². The molecule has 0 bridgehead atoms. The minimum Gasteiger partial charge on any atom is -0.408 e. The van der Waals surface area contributed by atoms with Crippen LogP contribution in [0.25, 0.3) is 11.1 Å². The lowest BCUT2D eigenvalue weighted by atomic mass is 10.0. The summed E-state index contributed by atoms with van der Waals surface area (Å²) >= 11 is 0. The second kappa shape index (κ2) is 9.97. The van der Waals surface area contributed by atoms with Crippen LogP contribution in [0.2, 0.25) is 0 Å². The molecule has 1 aromatic heterocycles. The second-order valence-corrected chi connectivity index (χ2v) is 6.50. The average molecular weight is 405 g/mol. The Morgan fingerprint density at radius 2 is 2.12 bits per heavy atom. The number of carbonyl (C=O) groups is 1.